The summed E-state index contributed by atoms with van der Waals surface area (Å²) in [6, 6.07) is 12.6. The molecule has 5 heteroatoms. The first-order valence-electron chi connectivity index (χ1n) is 7.94. The van der Waals surface area contributed by atoms with E-state index >= 15 is 0 Å². The van der Waals surface area contributed by atoms with E-state index in [4.69, 9.17) is 0 Å². The summed E-state index contributed by atoms with van der Waals surface area (Å²) < 4.78 is 0. The third-order valence-corrected chi connectivity index (χ3v) is 4.79. The maximum absolute atomic E-state index is 4.28. The summed E-state index contributed by atoms with van der Waals surface area (Å²) in [5, 5.41) is 8.87. The lowest BCUT2D eigenvalue weighted by molar-refractivity contribution is 0.730. The van der Waals surface area contributed by atoms with Crippen LogP contribution in [0.4, 0.5) is 5.69 Å². The number of nitrogens with zero attached hydrogens (tertiary/aromatic N) is 2. The molecule has 0 atom stereocenters. The monoisotopic (exact) mass is 330 g/mol. The van der Waals surface area contributed by atoms with E-state index in [1.54, 1.807) is 11.3 Å². The fourth-order valence-corrected chi connectivity index (χ4v) is 3.15. The standard InChI is InChI=1S/C18H26N4S/c1-15-10-13-23-17(15)14-21-18(19-2)20-11-7-12-22(3)16-8-5-4-6-9-16/h4-6,8-10,13H,7,11-12,14H2,1-3H3,(H2,19,20,21). The lowest BCUT2D eigenvalue weighted by Crippen LogP contribution is -2.38. The quantitative estimate of drug-likeness (QED) is 0.465. The Morgan fingerprint density at radius 1 is 1.17 bits per heavy atom. The number of nitrogens with one attached hydrogen (secondary N) is 2. The highest BCUT2D eigenvalue weighted by Gasteiger charge is 2.03. The average Bonchev–Trinajstić information content (AvgIpc) is 3.00. The highest BCUT2D eigenvalue weighted by atomic mass is 32.1. The van der Waals surface area contributed by atoms with Crippen LogP contribution in [0.3, 0.4) is 0 Å². The van der Waals surface area contributed by atoms with Crippen LogP contribution >= 0.6 is 11.3 Å². The number of guanidine groups is 1. The molecule has 0 fully saturated rings. The van der Waals surface area contributed by atoms with Crippen LogP contribution in [0, 0.1) is 6.92 Å². The van der Waals surface area contributed by atoms with Crippen molar-refractivity contribution in [3.05, 3.63) is 52.2 Å². The van der Waals surface area contributed by atoms with E-state index in [1.165, 1.54) is 16.1 Å². The number of rotatable bonds is 7. The van der Waals surface area contributed by atoms with E-state index in [1.807, 2.05) is 13.1 Å². The van der Waals surface area contributed by atoms with Crippen LogP contribution in [0.15, 0.2) is 46.8 Å². The van der Waals surface area contributed by atoms with Gasteiger partial charge in [-0.1, -0.05) is 18.2 Å². The van der Waals surface area contributed by atoms with Crippen molar-refractivity contribution in [1.82, 2.24) is 10.6 Å². The number of anilines is 1. The van der Waals surface area contributed by atoms with Gasteiger partial charge in [0, 0.05) is 37.7 Å². The van der Waals surface area contributed by atoms with Crippen molar-refractivity contribution in [2.75, 3.05) is 32.1 Å². The molecule has 1 aromatic carbocycles. The zero-order valence-electron chi connectivity index (χ0n) is 14.2. The molecule has 2 rings (SSSR count). The van der Waals surface area contributed by atoms with E-state index in [0.29, 0.717) is 0 Å². The number of hydrogen-bond donors (Lipinski definition) is 2. The van der Waals surface area contributed by atoms with Gasteiger partial charge in [0.15, 0.2) is 5.96 Å². The number of aryl methyl sites for hydroxylation is 1. The predicted octanol–water partition coefficient (Wildman–Crippen LogP) is 3.25. The Bertz CT molecular complexity index is 606. The molecule has 0 bridgehead atoms. The van der Waals surface area contributed by atoms with E-state index in [0.717, 1.165) is 32.0 Å². The van der Waals surface area contributed by atoms with Gasteiger partial charge in [-0.05, 0) is 42.5 Å². The van der Waals surface area contributed by atoms with Gasteiger partial charge in [0.05, 0.1) is 6.54 Å². The van der Waals surface area contributed by atoms with Gasteiger partial charge in [0.2, 0.25) is 0 Å². The number of thiophene rings is 1. The van der Waals surface area contributed by atoms with Crippen molar-refractivity contribution in [3.8, 4) is 0 Å². The first-order chi connectivity index (χ1) is 11.2. The van der Waals surface area contributed by atoms with E-state index in [2.05, 4.69) is 70.2 Å². The van der Waals surface area contributed by atoms with E-state index in [9.17, 15) is 0 Å². The first-order valence-corrected chi connectivity index (χ1v) is 8.82. The molecule has 2 N–H and O–H groups in total. The summed E-state index contributed by atoms with van der Waals surface area (Å²) in [7, 11) is 3.94. The molecule has 0 aliphatic carbocycles. The van der Waals surface area contributed by atoms with Gasteiger partial charge in [0.1, 0.15) is 0 Å². The van der Waals surface area contributed by atoms with E-state index in [-0.39, 0.29) is 0 Å². The van der Waals surface area contributed by atoms with Crippen LogP contribution in [0.2, 0.25) is 0 Å². The zero-order valence-corrected chi connectivity index (χ0v) is 15.0. The third-order valence-electron chi connectivity index (χ3n) is 3.77. The SMILES string of the molecule is CN=C(NCCCN(C)c1ccccc1)NCc1sccc1C. The zero-order chi connectivity index (χ0) is 16.5. The molecule has 0 spiro atoms. The second-order valence-corrected chi connectivity index (χ2v) is 6.49. The molecule has 0 radical (unpaired) electrons. The largest absolute Gasteiger partial charge is 0.375 e. The second-order valence-electron chi connectivity index (χ2n) is 5.49. The molecule has 0 saturated heterocycles. The minimum atomic E-state index is 0.826. The van der Waals surface area contributed by atoms with Crippen molar-refractivity contribution < 1.29 is 0 Å². The molecule has 0 aliphatic heterocycles. The average molecular weight is 331 g/mol. The first kappa shape index (κ1) is 17.3. The Morgan fingerprint density at radius 2 is 1.96 bits per heavy atom. The van der Waals surface area contributed by atoms with Crippen molar-refractivity contribution in [2.45, 2.75) is 19.9 Å². The minimum absolute atomic E-state index is 0.826. The molecule has 0 unspecified atom stereocenters. The molecule has 2 aromatic rings. The maximum atomic E-state index is 4.28. The van der Waals surface area contributed by atoms with Crippen LogP contribution in [0.5, 0.6) is 0 Å². The lowest BCUT2D eigenvalue weighted by Gasteiger charge is -2.19. The van der Waals surface area contributed by atoms with Crippen LogP contribution in [-0.2, 0) is 6.54 Å². The predicted molar refractivity (Wildman–Crippen MR) is 102 cm³/mol. The summed E-state index contributed by atoms with van der Waals surface area (Å²) in [6.45, 7) is 4.88. The topological polar surface area (TPSA) is 39.7 Å². The number of hydrogen-bond acceptors (Lipinski definition) is 3. The Balaban J connectivity index is 1.67. The summed E-state index contributed by atoms with van der Waals surface area (Å²) >= 11 is 1.78. The fourth-order valence-electron chi connectivity index (χ4n) is 2.30. The summed E-state index contributed by atoms with van der Waals surface area (Å²) in [6.07, 6.45) is 1.06. The van der Waals surface area contributed by atoms with Crippen LogP contribution in [-0.4, -0.2) is 33.1 Å². The molecule has 23 heavy (non-hydrogen) atoms. The van der Waals surface area contributed by atoms with Gasteiger partial charge in [-0.25, -0.2) is 0 Å². The maximum Gasteiger partial charge on any atom is 0.191 e. The Kier molecular flexibility index (Phi) is 6.94. The van der Waals surface area contributed by atoms with Crippen molar-refractivity contribution in [2.24, 2.45) is 4.99 Å². The summed E-state index contributed by atoms with van der Waals surface area (Å²) in [4.78, 5) is 7.91. The fraction of sp³-hybridized carbons (Fsp3) is 0.389. The van der Waals surface area contributed by atoms with Gasteiger partial charge in [-0.3, -0.25) is 4.99 Å². The lowest BCUT2D eigenvalue weighted by atomic mass is 10.3. The van der Waals surface area contributed by atoms with Gasteiger partial charge < -0.3 is 15.5 Å². The summed E-state index contributed by atoms with van der Waals surface area (Å²) in [5.74, 6) is 0.861. The van der Waals surface area contributed by atoms with Crippen molar-refractivity contribution in [3.63, 3.8) is 0 Å². The van der Waals surface area contributed by atoms with Crippen LogP contribution in [0.25, 0.3) is 0 Å². The molecular weight excluding hydrogens is 304 g/mol. The van der Waals surface area contributed by atoms with Gasteiger partial charge in [-0.15, -0.1) is 11.3 Å². The Hall–Kier alpha value is -2.01. The van der Waals surface area contributed by atoms with Gasteiger partial charge in [-0.2, -0.15) is 0 Å². The molecule has 0 amide bonds. The minimum Gasteiger partial charge on any atom is -0.375 e. The van der Waals surface area contributed by atoms with Crippen molar-refractivity contribution >= 4 is 23.0 Å². The highest BCUT2D eigenvalue weighted by Crippen LogP contribution is 2.14. The highest BCUT2D eigenvalue weighted by molar-refractivity contribution is 7.10. The van der Waals surface area contributed by atoms with Crippen LogP contribution in [0.1, 0.15) is 16.9 Å². The molecular formula is C18H26N4S. The van der Waals surface area contributed by atoms with Crippen LogP contribution < -0.4 is 15.5 Å². The normalized spacial score (nSPS) is 11.3. The Morgan fingerprint density at radius 3 is 2.61 bits per heavy atom. The van der Waals surface area contributed by atoms with Gasteiger partial charge >= 0.3 is 0 Å². The molecule has 0 saturated carbocycles. The molecule has 4 nitrogen and oxygen atoms in total. The van der Waals surface area contributed by atoms with E-state index < -0.39 is 0 Å². The molecule has 0 aliphatic rings. The summed E-state index contributed by atoms with van der Waals surface area (Å²) in [5.41, 5.74) is 2.59. The Labute approximate surface area is 143 Å². The molecule has 1 heterocycles. The third kappa shape index (κ3) is 5.60. The number of para-hydroxylation sites is 1. The smallest absolute Gasteiger partial charge is 0.191 e. The molecule has 1 aromatic heterocycles. The molecule has 124 valence electrons. The number of aliphatic imine (C=N–C) groups is 1. The van der Waals surface area contributed by atoms with Crippen molar-refractivity contribution in [1.29, 1.82) is 0 Å². The van der Waals surface area contributed by atoms with Gasteiger partial charge in [0.25, 0.3) is 0 Å². The second kappa shape index (κ2) is 9.20. The number of benzene rings is 1.